The van der Waals surface area contributed by atoms with Crippen LogP contribution in [0.4, 0.5) is 5.95 Å². The number of ether oxygens (including phenoxy) is 2. The van der Waals surface area contributed by atoms with Crippen molar-refractivity contribution in [2.75, 3.05) is 18.9 Å². The molecule has 10 nitrogen and oxygen atoms in total. The largest absolute Gasteiger partial charge is 0.462 e. The number of H-pyrrole nitrogens is 1. The van der Waals surface area contributed by atoms with Crippen molar-refractivity contribution < 1.29 is 14.3 Å². The van der Waals surface area contributed by atoms with Gasteiger partial charge in [-0.1, -0.05) is 0 Å². The number of rotatable bonds is 6. The Hall–Kier alpha value is -2.17. The zero-order valence-corrected chi connectivity index (χ0v) is 12.6. The minimum absolute atomic E-state index is 0. The number of anilines is 1. The smallest absolute Gasteiger partial charge is 0.322 e. The van der Waals surface area contributed by atoms with Crippen LogP contribution in [0.25, 0.3) is 11.2 Å². The second-order valence-electron chi connectivity index (χ2n) is 4.33. The van der Waals surface area contributed by atoms with Gasteiger partial charge in [-0.3, -0.25) is 19.1 Å². The lowest BCUT2D eigenvalue weighted by Gasteiger charge is -2.08. The highest BCUT2D eigenvalue weighted by atomic mass is 35.5. The first-order chi connectivity index (χ1) is 9.99. The molecule has 0 radical (unpaired) electrons. The van der Waals surface area contributed by atoms with Crippen LogP contribution in [0, 0.1) is 0 Å². The molecule has 22 heavy (non-hydrogen) atoms. The van der Waals surface area contributed by atoms with E-state index in [0.717, 1.165) is 0 Å². The second-order valence-corrected chi connectivity index (χ2v) is 4.33. The molecular weight excluding hydrogens is 316 g/mol. The van der Waals surface area contributed by atoms with Crippen LogP contribution in [-0.4, -0.2) is 44.7 Å². The van der Waals surface area contributed by atoms with E-state index in [1.165, 1.54) is 17.8 Å². The van der Waals surface area contributed by atoms with Gasteiger partial charge < -0.3 is 20.9 Å². The molecule has 11 heteroatoms. The van der Waals surface area contributed by atoms with E-state index in [9.17, 15) is 9.59 Å². The Bertz CT molecular complexity index is 697. The number of esters is 1. The molecule has 2 aromatic rings. The summed E-state index contributed by atoms with van der Waals surface area (Å²) in [6.45, 7) is 1.90. The number of fused-ring (bicyclic) bond motifs is 1. The number of carbonyl (C=O) groups excluding carboxylic acids is 1. The van der Waals surface area contributed by atoms with Gasteiger partial charge >= 0.3 is 5.97 Å². The number of nitrogen functional groups attached to an aromatic ring is 1. The summed E-state index contributed by atoms with van der Waals surface area (Å²) in [5, 5.41) is 0. The summed E-state index contributed by atoms with van der Waals surface area (Å²) in [6.07, 6.45) is 1.42. The number of hydrogen-bond acceptors (Lipinski definition) is 8. The highest BCUT2D eigenvalue weighted by Gasteiger charge is 2.10. The second kappa shape index (κ2) is 7.73. The van der Waals surface area contributed by atoms with Crippen molar-refractivity contribution in [3.05, 3.63) is 16.7 Å². The molecule has 0 unspecified atom stereocenters. The molecule has 0 saturated heterocycles. The van der Waals surface area contributed by atoms with Crippen molar-refractivity contribution >= 4 is 35.5 Å². The molecule has 0 fully saturated rings. The summed E-state index contributed by atoms with van der Waals surface area (Å²) in [6, 6.07) is -0.665. The molecular formula is C11H17ClN6O4. The third-order valence-electron chi connectivity index (χ3n) is 2.57. The van der Waals surface area contributed by atoms with E-state index in [2.05, 4.69) is 15.0 Å². The lowest BCUT2D eigenvalue weighted by Crippen LogP contribution is -2.29. The molecule has 0 aromatic carbocycles. The van der Waals surface area contributed by atoms with E-state index in [1.807, 2.05) is 0 Å². The Morgan fingerprint density at radius 3 is 2.91 bits per heavy atom. The quantitative estimate of drug-likeness (QED) is 0.449. The van der Waals surface area contributed by atoms with Crippen molar-refractivity contribution in [3.8, 4) is 0 Å². The Balaban J connectivity index is 0.00000242. The third-order valence-corrected chi connectivity index (χ3v) is 2.57. The van der Waals surface area contributed by atoms with Gasteiger partial charge in [0.25, 0.3) is 5.56 Å². The molecule has 0 aliphatic heterocycles. The van der Waals surface area contributed by atoms with Crippen molar-refractivity contribution in [1.29, 1.82) is 0 Å². The Morgan fingerprint density at radius 2 is 2.23 bits per heavy atom. The Labute approximate surface area is 131 Å². The van der Waals surface area contributed by atoms with E-state index in [0.29, 0.717) is 5.65 Å². The first-order valence-corrected chi connectivity index (χ1v) is 6.19. The average Bonchev–Trinajstić information content (AvgIpc) is 2.81. The molecule has 0 aliphatic carbocycles. The Morgan fingerprint density at radius 1 is 1.50 bits per heavy atom. The van der Waals surface area contributed by atoms with Crippen molar-refractivity contribution in [3.63, 3.8) is 0 Å². The fraction of sp³-hybridized carbons (Fsp3) is 0.455. The lowest BCUT2D eigenvalue weighted by atomic mass is 10.4. The molecule has 2 rings (SSSR count). The van der Waals surface area contributed by atoms with Crippen LogP contribution in [-0.2, 0) is 21.0 Å². The predicted octanol–water partition coefficient (Wildman–Crippen LogP) is -1.01. The Kier molecular flexibility index (Phi) is 6.28. The number of aromatic amines is 1. The first-order valence-electron chi connectivity index (χ1n) is 6.19. The number of hydrogen-bond donors (Lipinski definition) is 3. The topological polar surface area (TPSA) is 151 Å². The summed E-state index contributed by atoms with van der Waals surface area (Å²) < 4.78 is 11.7. The van der Waals surface area contributed by atoms with Gasteiger partial charge in [-0.05, 0) is 6.92 Å². The van der Waals surface area contributed by atoms with E-state index in [1.54, 1.807) is 0 Å². The zero-order chi connectivity index (χ0) is 15.4. The van der Waals surface area contributed by atoms with Gasteiger partial charge in [0.05, 0.1) is 12.9 Å². The average molecular weight is 333 g/mol. The van der Waals surface area contributed by atoms with Gasteiger partial charge in [0, 0.05) is 0 Å². The SMILES string of the molecule is C[C@H](N)C(=O)OCCOCn1cnc2c(=O)[nH]c(N)nc21.Cl. The van der Waals surface area contributed by atoms with Crippen LogP contribution in [0.1, 0.15) is 6.92 Å². The standard InChI is InChI=1S/C11H16N6O4.ClH/c1-6(12)10(19)21-3-2-20-5-17-4-14-7-8(17)15-11(13)16-9(7)18;/h4,6H,2-3,5,12H2,1H3,(H3,13,15,16,18);1H/t6-;/m0./s1. The van der Waals surface area contributed by atoms with Crippen molar-refractivity contribution in [2.45, 2.75) is 19.7 Å². The first kappa shape index (κ1) is 17.9. The number of nitrogens with two attached hydrogens (primary N) is 2. The number of imidazole rings is 1. The van der Waals surface area contributed by atoms with Gasteiger partial charge in [-0.15, -0.1) is 12.4 Å². The number of nitrogens with one attached hydrogen (secondary N) is 1. The van der Waals surface area contributed by atoms with E-state index in [-0.39, 0.29) is 43.8 Å². The van der Waals surface area contributed by atoms with Gasteiger partial charge in [0.15, 0.2) is 11.2 Å². The third kappa shape index (κ3) is 4.16. The minimum Gasteiger partial charge on any atom is -0.462 e. The summed E-state index contributed by atoms with van der Waals surface area (Å²) in [5.74, 6) is -0.493. The maximum Gasteiger partial charge on any atom is 0.322 e. The molecule has 5 N–H and O–H groups in total. The molecule has 0 aliphatic rings. The van der Waals surface area contributed by atoms with Gasteiger partial charge in [0.1, 0.15) is 19.4 Å². The molecule has 0 amide bonds. The molecule has 122 valence electrons. The lowest BCUT2D eigenvalue weighted by molar-refractivity contribution is -0.146. The molecule has 1 atom stereocenters. The monoisotopic (exact) mass is 332 g/mol. The highest BCUT2D eigenvalue weighted by Crippen LogP contribution is 2.06. The van der Waals surface area contributed by atoms with Crippen LogP contribution in [0.15, 0.2) is 11.1 Å². The number of aromatic nitrogens is 4. The summed E-state index contributed by atoms with van der Waals surface area (Å²) in [7, 11) is 0. The summed E-state index contributed by atoms with van der Waals surface area (Å²) in [4.78, 5) is 32.9. The number of halogens is 1. The maximum absolute atomic E-state index is 11.6. The predicted molar refractivity (Wildman–Crippen MR) is 80.4 cm³/mol. The molecule has 2 aromatic heterocycles. The summed E-state index contributed by atoms with van der Waals surface area (Å²) in [5.41, 5.74) is 10.9. The zero-order valence-electron chi connectivity index (χ0n) is 11.8. The van der Waals surface area contributed by atoms with E-state index in [4.69, 9.17) is 20.9 Å². The van der Waals surface area contributed by atoms with E-state index < -0.39 is 17.6 Å². The summed E-state index contributed by atoms with van der Waals surface area (Å²) >= 11 is 0. The van der Waals surface area contributed by atoms with Crippen LogP contribution in [0.2, 0.25) is 0 Å². The van der Waals surface area contributed by atoms with Crippen LogP contribution < -0.4 is 17.0 Å². The molecule has 2 heterocycles. The van der Waals surface area contributed by atoms with Gasteiger partial charge in [0.2, 0.25) is 5.95 Å². The van der Waals surface area contributed by atoms with Crippen LogP contribution >= 0.6 is 12.4 Å². The molecule has 0 spiro atoms. The minimum atomic E-state index is -0.665. The fourth-order valence-corrected chi connectivity index (χ4v) is 1.56. The fourth-order valence-electron chi connectivity index (χ4n) is 1.56. The maximum atomic E-state index is 11.6. The van der Waals surface area contributed by atoms with Crippen LogP contribution in [0.3, 0.4) is 0 Å². The number of carbonyl (C=O) groups is 1. The van der Waals surface area contributed by atoms with Crippen molar-refractivity contribution in [1.82, 2.24) is 19.5 Å². The molecule has 0 bridgehead atoms. The van der Waals surface area contributed by atoms with Crippen LogP contribution in [0.5, 0.6) is 0 Å². The molecule has 0 saturated carbocycles. The van der Waals surface area contributed by atoms with Gasteiger partial charge in [-0.2, -0.15) is 4.98 Å². The van der Waals surface area contributed by atoms with Gasteiger partial charge in [-0.25, -0.2) is 4.98 Å². The van der Waals surface area contributed by atoms with Crippen molar-refractivity contribution in [2.24, 2.45) is 5.73 Å². The number of nitrogens with zero attached hydrogens (tertiary/aromatic N) is 3. The highest BCUT2D eigenvalue weighted by molar-refractivity contribution is 5.85. The normalized spacial score (nSPS) is 11.9. The van der Waals surface area contributed by atoms with E-state index >= 15 is 0 Å².